The molecule has 0 atom stereocenters. The number of phenols is 1. The van der Waals surface area contributed by atoms with E-state index < -0.39 is 29.1 Å². The van der Waals surface area contributed by atoms with E-state index >= 15 is 0 Å². The Morgan fingerprint density at radius 2 is 1.62 bits per heavy atom. The molecule has 0 radical (unpaired) electrons. The van der Waals surface area contributed by atoms with Gasteiger partial charge in [0, 0.05) is 23.7 Å². The Kier molecular flexibility index (Phi) is 7.34. The van der Waals surface area contributed by atoms with Crippen molar-refractivity contribution in [2.45, 2.75) is 71.1 Å². The molecule has 0 unspecified atom stereocenters. The lowest BCUT2D eigenvalue weighted by Crippen LogP contribution is -2.42. The Hall–Kier alpha value is -3.75. The number of phenolic OH excluding ortho intramolecular Hbond substituents is 1. The highest BCUT2D eigenvalue weighted by Crippen LogP contribution is 2.35. The first-order valence-corrected chi connectivity index (χ1v) is 12.3. The molecule has 0 spiro atoms. The molecule has 7 nitrogen and oxygen atoms in total. The van der Waals surface area contributed by atoms with Gasteiger partial charge in [0.15, 0.2) is 23.2 Å². The van der Waals surface area contributed by atoms with Crippen LogP contribution in [0.25, 0.3) is 22.0 Å². The van der Waals surface area contributed by atoms with Crippen molar-refractivity contribution >= 4 is 28.5 Å². The Bertz CT molecular complexity index is 1320. The number of alkyl carbamates (subject to hydrolysis) is 1. The molecule has 9 heteroatoms. The first-order valence-electron chi connectivity index (χ1n) is 12.3. The summed E-state index contributed by atoms with van der Waals surface area (Å²) in [5.74, 6) is -3.30. The van der Waals surface area contributed by atoms with Crippen LogP contribution in [0.3, 0.4) is 0 Å². The van der Waals surface area contributed by atoms with Crippen LogP contribution in [-0.4, -0.2) is 39.7 Å². The van der Waals surface area contributed by atoms with Gasteiger partial charge in [0.25, 0.3) is 0 Å². The van der Waals surface area contributed by atoms with Gasteiger partial charge in [-0.1, -0.05) is 6.07 Å². The van der Waals surface area contributed by atoms with E-state index in [0.29, 0.717) is 27.7 Å². The number of hydrogen-bond donors (Lipinski definition) is 3. The van der Waals surface area contributed by atoms with Gasteiger partial charge in [-0.15, -0.1) is 0 Å². The zero-order valence-corrected chi connectivity index (χ0v) is 21.3. The molecule has 37 heavy (non-hydrogen) atoms. The van der Waals surface area contributed by atoms with Gasteiger partial charge in [-0.05, 0) is 88.8 Å². The quantitative estimate of drug-likeness (QED) is 0.346. The number of benzene rings is 2. The lowest BCUT2D eigenvalue weighted by Gasteiger charge is -2.31. The topological polar surface area (TPSA) is 101 Å². The third kappa shape index (κ3) is 6.15. The average molecular weight is 512 g/mol. The van der Waals surface area contributed by atoms with Crippen LogP contribution in [0.2, 0.25) is 0 Å². The Balaban J connectivity index is 1.59. The summed E-state index contributed by atoms with van der Waals surface area (Å²) in [7, 11) is 0. The van der Waals surface area contributed by atoms with Gasteiger partial charge in [0.05, 0.1) is 16.8 Å². The number of ketones is 1. The fourth-order valence-corrected chi connectivity index (χ4v) is 4.59. The summed E-state index contributed by atoms with van der Waals surface area (Å²) >= 11 is 0. The maximum atomic E-state index is 14.0. The summed E-state index contributed by atoms with van der Waals surface area (Å²) in [5, 5.41) is 16.5. The molecule has 3 aromatic rings. The Labute approximate surface area is 214 Å². The van der Waals surface area contributed by atoms with Crippen molar-refractivity contribution in [1.82, 2.24) is 10.3 Å². The van der Waals surface area contributed by atoms with Crippen molar-refractivity contribution in [2.24, 2.45) is 0 Å². The van der Waals surface area contributed by atoms with Gasteiger partial charge in [0.1, 0.15) is 5.60 Å². The number of amides is 1. The fourth-order valence-electron chi connectivity index (χ4n) is 4.59. The minimum atomic E-state index is -1.05. The van der Waals surface area contributed by atoms with Crippen LogP contribution < -0.4 is 10.6 Å². The number of aromatic hydroxyl groups is 1. The van der Waals surface area contributed by atoms with Crippen molar-refractivity contribution in [2.75, 3.05) is 5.32 Å². The Morgan fingerprint density at radius 3 is 2.22 bits per heavy atom. The normalized spacial score (nSPS) is 17.9. The van der Waals surface area contributed by atoms with E-state index in [1.807, 2.05) is 20.8 Å². The van der Waals surface area contributed by atoms with Crippen LogP contribution in [0.4, 0.5) is 19.3 Å². The van der Waals surface area contributed by atoms with Crippen LogP contribution in [-0.2, 0) is 4.74 Å². The molecule has 196 valence electrons. The molecule has 1 amide bonds. The van der Waals surface area contributed by atoms with Crippen molar-refractivity contribution in [3.63, 3.8) is 0 Å². The second-order valence-electron chi connectivity index (χ2n) is 10.5. The number of halogens is 2. The molecule has 0 bridgehead atoms. The molecule has 1 aliphatic carbocycles. The van der Waals surface area contributed by atoms with Gasteiger partial charge in [-0.25, -0.2) is 13.6 Å². The number of carbonyl (C=O) groups is 2. The number of Topliss-reactive ketones (excluding diaryl/α,β-unsaturated/α-hetero) is 1. The highest BCUT2D eigenvalue weighted by atomic mass is 19.1. The predicted molar refractivity (Wildman–Crippen MR) is 138 cm³/mol. The number of ether oxygens (including phenoxy) is 1. The molecule has 1 aromatic heterocycles. The van der Waals surface area contributed by atoms with E-state index in [1.165, 1.54) is 13.1 Å². The maximum absolute atomic E-state index is 14.0. The minimum absolute atomic E-state index is 0.000235. The fraction of sp³-hybridized carbons (Fsp3) is 0.393. The predicted octanol–water partition coefficient (Wildman–Crippen LogP) is 6.34. The van der Waals surface area contributed by atoms with Gasteiger partial charge in [0.2, 0.25) is 0 Å². The monoisotopic (exact) mass is 511 g/mol. The van der Waals surface area contributed by atoms with Crippen molar-refractivity contribution in [3.05, 3.63) is 53.7 Å². The highest BCUT2D eigenvalue weighted by molar-refractivity contribution is 6.07. The van der Waals surface area contributed by atoms with E-state index in [4.69, 9.17) is 4.74 Å². The second-order valence-corrected chi connectivity index (χ2v) is 10.5. The summed E-state index contributed by atoms with van der Waals surface area (Å²) in [5.41, 5.74) is 1.86. The van der Waals surface area contributed by atoms with Gasteiger partial charge >= 0.3 is 6.09 Å². The Morgan fingerprint density at radius 1 is 1.00 bits per heavy atom. The number of carbonyl (C=O) groups excluding carboxylic acids is 2. The van der Waals surface area contributed by atoms with Crippen molar-refractivity contribution in [1.29, 1.82) is 0 Å². The smallest absolute Gasteiger partial charge is 0.407 e. The van der Waals surface area contributed by atoms with Crippen LogP contribution in [0.5, 0.6) is 5.75 Å². The molecule has 1 fully saturated rings. The van der Waals surface area contributed by atoms with Gasteiger partial charge in [-0.2, -0.15) is 0 Å². The number of pyridine rings is 1. The molecule has 0 saturated heterocycles. The van der Waals surface area contributed by atoms with Crippen molar-refractivity contribution in [3.8, 4) is 16.9 Å². The molecule has 0 aliphatic heterocycles. The maximum Gasteiger partial charge on any atom is 0.407 e. The highest BCUT2D eigenvalue weighted by Gasteiger charge is 2.26. The second kappa shape index (κ2) is 10.3. The van der Waals surface area contributed by atoms with Gasteiger partial charge in [-0.3, -0.25) is 9.78 Å². The largest absolute Gasteiger partial charge is 0.503 e. The summed E-state index contributed by atoms with van der Waals surface area (Å²) in [6.45, 7) is 6.92. The van der Waals surface area contributed by atoms with E-state index in [9.17, 15) is 23.5 Å². The summed E-state index contributed by atoms with van der Waals surface area (Å²) < 4.78 is 33.3. The number of nitrogens with zero attached hydrogens (tertiary/aromatic N) is 1. The molecular weight excluding hydrogens is 480 g/mol. The first kappa shape index (κ1) is 26.3. The summed E-state index contributed by atoms with van der Waals surface area (Å²) in [6, 6.07) is 7.32. The molecule has 3 N–H and O–H groups in total. The molecule has 4 rings (SSSR count). The molecule has 1 heterocycles. The third-order valence-electron chi connectivity index (χ3n) is 6.39. The number of fused-ring (bicyclic) bond motifs is 1. The minimum Gasteiger partial charge on any atom is -0.503 e. The van der Waals surface area contributed by atoms with E-state index in [2.05, 4.69) is 15.6 Å². The summed E-state index contributed by atoms with van der Waals surface area (Å²) in [4.78, 5) is 29.0. The molecule has 1 aliphatic rings. The standard InChI is InChI=1S/C28H31F2N3O4/c1-15(34)21-14-31-24-10-5-16(17-12-22(29)26(35)23(30)13-17)11-20(24)25(21)32-18-6-8-19(9-7-18)33-27(36)37-28(2,3)4/h5,10-14,18-19,35H,6-9H2,1-4H3,(H,31,32)(H,33,36)/t18-,19-. The van der Waals surface area contributed by atoms with Gasteiger partial charge < -0.3 is 20.5 Å². The lowest BCUT2D eigenvalue weighted by atomic mass is 9.90. The van der Waals surface area contributed by atoms with E-state index in [1.54, 1.807) is 18.2 Å². The average Bonchev–Trinajstić information content (AvgIpc) is 2.82. The lowest BCUT2D eigenvalue weighted by molar-refractivity contribution is 0.0492. The zero-order chi connectivity index (χ0) is 26.9. The third-order valence-corrected chi connectivity index (χ3v) is 6.39. The van der Waals surface area contributed by atoms with Crippen molar-refractivity contribution < 1.29 is 28.2 Å². The number of hydrogen-bond acceptors (Lipinski definition) is 6. The molecule has 2 aromatic carbocycles. The number of nitrogens with one attached hydrogen (secondary N) is 2. The van der Waals surface area contributed by atoms with E-state index in [0.717, 1.165) is 37.8 Å². The molecule has 1 saturated carbocycles. The van der Waals surface area contributed by atoms with Crippen LogP contribution in [0, 0.1) is 11.6 Å². The zero-order valence-electron chi connectivity index (χ0n) is 21.3. The van der Waals surface area contributed by atoms with Crippen LogP contribution in [0.15, 0.2) is 36.5 Å². The molecular formula is C28H31F2N3O4. The van der Waals surface area contributed by atoms with E-state index in [-0.39, 0.29) is 23.4 Å². The number of aromatic nitrogens is 1. The van der Waals surface area contributed by atoms with Crippen LogP contribution >= 0.6 is 0 Å². The number of rotatable bonds is 5. The van der Waals surface area contributed by atoms with Crippen LogP contribution in [0.1, 0.15) is 63.7 Å². The number of anilines is 1. The summed E-state index contributed by atoms with van der Waals surface area (Å²) in [6.07, 6.45) is 4.10. The SMILES string of the molecule is CC(=O)c1cnc2ccc(-c3cc(F)c(O)c(F)c3)cc2c1N[C@H]1CC[C@H](NC(=O)OC(C)(C)C)CC1. The first-order chi connectivity index (χ1) is 17.4.